The Balaban J connectivity index is 0.944. The van der Waals surface area contributed by atoms with Gasteiger partial charge in [-0.05, 0) is 125 Å². The van der Waals surface area contributed by atoms with Crippen LogP contribution in [-0.2, 0) is 0 Å². The summed E-state index contributed by atoms with van der Waals surface area (Å²) in [6.45, 7) is 0. The molecule has 0 saturated carbocycles. The van der Waals surface area contributed by atoms with Gasteiger partial charge in [0.25, 0.3) is 0 Å². The highest BCUT2D eigenvalue weighted by Gasteiger charge is 2.16. The van der Waals surface area contributed by atoms with E-state index in [-0.39, 0.29) is 0 Å². The minimum absolute atomic E-state index is 1.09. The lowest BCUT2D eigenvalue weighted by atomic mass is 9.90. The van der Waals surface area contributed by atoms with Gasteiger partial charge in [0.2, 0.25) is 0 Å². The van der Waals surface area contributed by atoms with Crippen LogP contribution in [0.4, 0.5) is 17.1 Å². The van der Waals surface area contributed by atoms with Crippen molar-refractivity contribution >= 4 is 38.6 Å². The van der Waals surface area contributed by atoms with E-state index in [1.54, 1.807) is 0 Å². The van der Waals surface area contributed by atoms with Crippen LogP contribution in [0.1, 0.15) is 0 Å². The van der Waals surface area contributed by atoms with Crippen molar-refractivity contribution in [2.45, 2.75) is 0 Å². The second-order valence-electron chi connectivity index (χ2n) is 16.1. The molecule has 0 amide bonds. The van der Waals surface area contributed by atoms with Gasteiger partial charge in [-0.25, -0.2) is 0 Å². The monoisotopic (exact) mass is 801 g/mol. The van der Waals surface area contributed by atoms with Crippen molar-refractivity contribution in [1.82, 2.24) is 0 Å². The third-order valence-electron chi connectivity index (χ3n) is 12.3. The van der Waals surface area contributed by atoms with Crippen LogP contribution in [0.3, 0.4) is 0 Å². The quantitative estimate of drug-likeness (QED) is 0.141. The first-order chi connectivity index (χ1) is 31.2. The zero-order chi connectivity index (χ0) is 42.0. The van der Waals surface area contributed by atoms with Gasteiger partial charge in [0.05, 0.1) is 0 Å². The van der Waals surface area contributed by atoms with E-state index in [9.17, 15) is 0 Å². The largest absolute Gasteiger partial charge is 0.311 e. The molecule has 296 valence electrons. The number of hydrogen-bond acceptors (Lipinski definition) is 1. The third-order valence-corrected chi connectivity index (χ3v) is 12.3. The zero-order valence-corrected chi connectivity index (χ0v) is 34.8. The van der Waals surface area contributed by atoms with Crippen LogP contribution in [0.5, 0.6) is 0 Å². The maximum absolute atomic E-state index is 2.36. The van der Waals surface area contributed by atoms with E-state index in [1.165, 1.54) is 88.3 Å². The number of rotatable bonds is 9. The van der Waals surface area contributed by atoms with Crippen molar-refractivity contribution in [3.05, 3.63) is 261 Å². The average Bonchev–Trinajstić information content (AvgIpc) is 3.37. The van der Waals surface area contributed by atoms with Crippen LogP contribution in [0, 0.1) is 0 Å². The van der Waals surface area contributed by atoms with E-state index in [2.05, 4.69) is 266 Å². The fourth-order valence-corrected chi connectivity index (χ4v) is 9.08. The summed E-state index contributed by atoms with van der Waals surface area (Å²) in [4.78, 5) is 2.36. The highest BCUT2D eigenvalue weighted by molar-refractivity contribution is 6.04. The van der Waals surface area contributed by atoms with Gasteiger partial charge in [-0.2, -0.15) is 0 Å². The second kappa shape index (κ2) is 16.7. The molecule has 0 radical (unpaired) electrons. The van der Waals surface area contributed by atoms with Gasteiger partial charge >= 0.3 is 0 Å². The molecule has 63 heavy (non-hydrogen) atoms. The molecule has 0 aliphatic rings. The predicted molar refractivity (Wildman–Crippen MR) is 269 cm³/mol. The Morgan fingerprint density at radius 3 is 1.06 bits per heavy atom. The molecular formula is C62H43N. The summed E-state index contributed by atoms with van der Waals surface area (Å²) in [5.74, 6) is 0. The molecule has 11 aromatic carbocycles. The van der Waals surface area contributed by atoms with Gasteiger partial charge in [0.1, 0.15) is 0 Å². The normalized spacial score (nSPS) is 11.2. The van der Waals surface area contributed by atoms with Crippen LogP contribution >= 0.6 is 0 Å². The molecule has 0 atom stereocenters. The Hall–Kier alpha value is -8.26. The maximum Gasteiger partial charge on any atom is 0.0462 e. The third kappa shape index (κ3) is 7.47. The van der Waals surface area contributed by atoms with Gasteiger partial charge in [-0.15, -0.1) is 0 Å². The van der Waals surface area contributed by atoms with E-state index in [0.29, 0.717) is 0 Å². The molecule has 0 aliphatic carbocycles. The van der Waals surface area contributed by atoms with Gasteiger partial charge < -0.3 is 4.90 Å². The van der Waals surface area contributed by atoms with Gasteiger partial charge in [0, 0.05) is 17.1 Å². The number of hydrogen-bond donors (Lipinski definition) is 0. The first-order valence-electron chi connectivity index (χ1n) is 21.7. The molecule has 0 unspecified atom stereocenters. The summed E-state index contributed by atoms with van der Waals surface area (Å²) in [5.41, 5.74) is 17.8. The van der Waals surface area contributed by atoms with E-state index in [1.807, 2.05) is 0 Å². The molecule has 0 N–H and O–H groups in total. The first kappa shape index (κ1) is 37.7. The van der Waals surface area contributed by atoms with Gasteiger partial charge in [0.15, 0.2) is 0 Å². The molecule has 0 bridgehead atoms. The lowest BCUT2D eigenvalue weighted by Crippen LogP contribution is -2.09. The number of anilines is 3. The Morgan fingerprint density at radius 1 is 0.190 bits per heavy atom. The summed E-state index contributed by atoms with van der Waals surface area (Å²) in [5, 5.41) is 5.02. The summed E-state index contributed by atoms with van der Waals surface area (Å²) in [6.07, 6.45) is 0. The van der Waals surface area contributed by atoms with Crippen molar-refractivity contribution in [3.8, 4) is 66.8 Å². The van der Waals surface area contributed by atoms with Crippen molar-refractivity contribution in [1.29, 1.82) is 0 Å². The summed E-state index contributed by atoms with van der Waals surface area (Å²) in [6, 6.07) is 94.5. The molecule has 1 heteroatoms. The molecule has 0 fully saturated rings. The highest BCUT2D eigenvalue weighted by atomic mass is 15.1. The van der Waals surface area contributed by atoms with E-state index in [4.69, 9.17) is 0 Å². The van der Waals surface area contributed by atoms with Crippen molar-refractivity contribution in [3.63, 3.8) is 0 Å². The Morgan fingerprint density at radius 2 is 0.540 bits per heavy atom. The molecule has 11 aromatic rings. The van der Waals surface area contributed by atoms with Crippen LogP contribution in [0.15, 0.2) is 261 Å². The van der Waals surface area contributed by atoms with Crippen LogP contribution in [-0.4, -0.2) is 0 Å². The molecule has 0 spiro atoms. The standard InChI is InChI=1S/C62H43N/c1-3-12-44(13-4-1)45-22-24-46(25-23-45)48-30-37-55(38-31-48)63(56-39-32-49(33-40-56)47-26-28-52(29-27-47)59-21-11-18-50-14-7-9-19-58(50)59)57-41-34-53(35-42-57)61-43-36-51-15-8-10-20-60(51)62(61)54-16-5-2-6-17-54/h1-43H. The Labute approximate surface area is 369 Å². The minimum atomic E-state index is 1.09. The second-order valence-corrected chi connectivity index (χ2v) is 16.1. The van der Waals surface area contributed by atoms with E-state index in [0.717, 1.165) is 17.1 Å². The Bertz CT molecular complexity index is 3310. The SMILES string of the molecule is c1ccc(-c2ccc(-c3ccc(N(c4ccc(-c5ccc(-c6cccc7ccccc67)cc5)cc4)c4ccc(-c5ccc6ccccc6c5-c5ccccc5)cc4)cc3)cc2)cc1. The molecule has 0 saturated heterocycles. The zero-order valence-electron chi connectivity index (χ0n) is 34.8. The van der Waals surface area contributed by atoms with E-state index < -0.39 is 0 Å². The smallest absolute Gasteiger partial charge is 0.0462 e. The fraction of sp³-hybridized carbons (Fsp3) is 0. The van der Waals surface area contributed by atoms with Crippen molar-refractivity contribution < 1.29 is 0 Å². The highest BCUT2D eigenvalue weighted by Crippen LogP contribution is 2.42. The summed E-state index contributed by atoms with van der Waals surface area (Å²) in [7, 11) is 0. The van der Waals surface area contributed by atoms with Crippen molar-refractivity contribution in [2.24, 2.45) is 0 Å². The lowest BCUT2D eigenvalue weighted by molar-refractivity contribution is 1.28. The van der Waals surface area contributed by atoms with Gasteiger partial charge in [-0.3, -0.25) is 0 Å². The van der Waals surface area contributed by atoms with Crippen LogP contribution in [0.25, 0.3) is 88.3 Å². The van der Waals surface area contributed by atoms with E-state index >= 15 is 0 Å². The molecular weight excluding hydrogens is 759 g/mol. The average molecular weight is 802 g/mol. The molecule has 0 aromatic heterocycles. The number of fused-ring (bicyclic) bond motifs is 2. The fourth-order valence-electron chi connectivity index (χ4n) is 9.08. The summed E-state index contributed by atoms with van der Waals surface area (Å²) < 4.78 is 0. The number of benzene rings is 11. The number of nitrogens with zero attached hydrogens (tertiary/aromatic N) is 1. The minimum Gasteiger partial charge on any atom is -0.311 e. The first-order valence-corrected chi connectivity index (χ1v) is 21.7. The molecule has 0 aliphatic heterocycles. The lowest BCUT2D eigenvalue weighted by Gasteiger charge is -2.26. The maximum atomic E-state index is 2.36. The Kier molecular flexibility index (Phi) is 9.97. The molecule has 0 heterocycles. The molecule has 11 rings (SSSR count). The van der Waals surface area contributed by atoms with Crippen molar-refractivity contribution in [2.75, 3.05) is 4.90 Å². The van der Waals surface area contributed by atoms with Crippen LogP contribution < -0.4 is 4.90 Å². The predicted octanol–water partition coefficient (Wildman–Crippen LogP) is 17.5. The van der Waals surface area contributed by atoms with Crippen LogP contribution in [0.2, 0.25) is 0 Å². The topological polar surface area (TPSA) is 3.24 Å². The molecule has 1 nitrogen and oxygen atoms in total. The summed E-state index contributed by atoms with van der Waals surface area (Å²) >= 11 is 0. The van der Waals surface area contributed by atoms with Gasteiger partial charge in [-0.1, -0.05) is 224 Å².